The summed E-state index contributed by atoms with van der Waals surface area (Å²) >= 11 is 0. The predicted molar refractivity (Wildman–Crippen MR) is 122 cm³/mol. The average molecular weight is 444 g/mol. The molecule has 0 bridgehead atoms. The molecule has 2 aromatic carbocycles. The third kappa shape index (κ3) is 5.26. The van der Waals surface area contributed by atoms with Crippen LogP contribution in [0.2, 0.25) is 0 Å². The van der Waals surface area contributed by atoms with Crippen LogP contribution in [0.4, 0.5) is 17.1 Å². The lowest BCUT2D eigenvalue weighted by atomic mass is 10.1. The lowest BCUT2D eigenvalue weighted by molar-refractivity contribution is -0.384. The molecule has 9 heteroatoms. The molecule has 1 aromatic heterocycles. The van der Waals surface area contributed by atoms with Crippen molar-refractivity contribution in [3.63, 3.8) is 0 Å². The van der Waals surface area contributed by atoms with Gasteiger partial charge in [-0.15, -0.1) is 0 Å². The molecule has 1 aliphatic heterocycles. The fraction of sp³-hybridized carbons (Fsp3) is 0.167. The molecule has 0 aliphatic carbocycles. The largest absolute Gasteiger partial charge is 0.457 e. The van der Waals surface area contributed by atoms with E-state index in [1.54, 1.807) is 36.4 Å². The number of carbonyl (C=O) groups excluding carboxylic acids is 1. The summed E-state index contributed by atoms with van der Waals surface area (Å²) in [4.78, 5) is 25.3. The Labute approximate surface area is 189 Å². The number of nitrogens with zero attached hydrogens (tertiary/aromatic N) is 3. The maximum Gasteiger partial charge on any atom is 0.270 e. The van der Waals surface area contributed by atoms with Crippen LogP contribution in [0.5, 0.6) is 0 Å². The van der Waals surface area contributed by atoms with Crippen LogP contribution in [0.15, 0.2) is 70.7 Å². The van der Waals surface area contributed by atoms with Gasteiger partial charge in [0.2, 0.25) is 0 Å². The Morgan fingerprint density at radius 2 is 1.88 bits per heavy atom. The van der Waals surface area contributed by atoms with E-state index in [0.29, 0.717) is 30.2 Å². The minimum atomic E-state index is -0.565. The number of amides is 1. The molecule has 9 nitrogen and oxygen atoms in total. The molecular formula is C24H20N4O5. The average Bonchev–Trinajstić information content (AvgIpc) is 3.32. The Bertz CT molecular complexity index is 1230. The Kier molecular flexibility index (Phi) is 6.48. The molecule has 0 atom stereocenters. The number of morpholine rings is 1. The number of hydrogen-bond acceptors (Lipinski definition) is 7. The Balaban J connectivity index is 1.45. The molecule has 1 saturated heterocycles. The van der Waals surface area contributed by atoms with Crippen LogP contribution in [0.1, 0.15) is 5.76 Å². The van der Waals surface area contributed by atoms with Crippen molar-refractivity contribution in [2.24, 2.45) is 0 Å². The van der Waals surface area contributed by atoms with Gasteiger partial charge in [-0.2, -0.15) is 5.26 Å². The summed E-state index contributed by atoms with van der Waals surface area (Å²) in [7, 11) is 0. The molecule has 1 N–H and O–H groups in total. The third-order valence-electron chi connectivity index (χ3n) is 5.12. The minimum Gasteiger partial charge on any atom is -0.457 e. The number of furan rings is 1. The topological polar surface area (TPSA) is 122 Å². The first-order valence-corrected chi connectivity index (χ1v) is 10.2. The fourth-order valence-corrected chi connectivity index (χ4v) is 3.42. The Morgan fingerprint density at radius 1 is 1.12 bits per heavy atom. The second-order valence-corrected chi connectivity index (χ2v) is 7.28. The third-order valence-corrected chi connectivity index (χ3v) is 5.12. The van der Waals surface area contributed by atoms with E-state index in [1.165, 1.54) is 18.2 Å². The molecule has 1 amide bonds. The number of rotatable bonds is 6. The standard InChI is InChI=1S/C24H20N4O5/c25-16-18(15-22-8-9-23(33-22)17-2-1-3-21(14-17)28(30)31)24(29)26-19-4-6-20(7-5-19)27-10-12-32-13-11-27/h1-9,14-15H,10-13H2,(H,26,29)/b18-15+. The molecule has 1 aliphatic rings. The van der Waals surface area contributed by atoms with E-state index in [0.717, 1.165) is 18.8 Å². The van der Waals surface area contributed by atoms with E-state index in [9.17, 15) is 20.2 Å². The van der Waals surface area contributed by atoms with Crippen LogP contribution in [-0.4, -0.2) is 37.1 Å². The summed E-state index contributed by atoms with van der Waals surface area (Å²) in [5, 5.41) is 23.1. The van der Waals surface area contributed by atoms with Crippen molar-refractivity contribution < 1.29 is 18.9 Å². The normalized spacial score (nSPS) is 13.9. The lowest BCUT2D eigenvalue weighted by Gasteiger charge is -2.28. The Morgan fingerprint density at radius 3 is 2.58 bits per heavy atom. The zero-order chi connectivity index (χ0) is 23.2. The number of hydrogen-bond donors (Lipinski definition) is 1. The number of nitriles is 1. The highest BCUT2D eigenvalue weighted by atomic mass is 16.6. The second-order valence-electron chi connectivity index (χ2n) is 7.28. The lowest BCUT2D eigenvalue weighted by Crippen LogP contribution is -2.36. The molecule has 2 heterocycles. The van der Waals surface area contributed by atoms with Crippen LogP contribution in [0.25, 0.3) is 17.4 Å². The van der Waals surface area contributed by atoms with E-state index < -0.39 is 10.8 Å². The second kappa shape index (κ2) is 9.80. The number of nitro groups is 1. The molecule has 0 spiro atoms. The van der Waals surface area contributed by atoms with Gasteiger partial charge >= 0.3 is 0 Å². The summed E-state index contributed by atoms with van der Waals surface area (Å²) < 4.78 is 11.0. The van der Waals surface area contributed by atoms with E-state index >= 15 is 0 Å². The first kappa shape index (κ1) is 21.8. The highest BCUT2D eigenvalue weighted by molar-refractivity contribution is 6.09. The Hall–Kier alpha value is -4.42. The number of non-ortho nitro benzene ring substituents is 1. The van der Waals surface area contributed by atoms with Crippen LogP contribution >= 0.6 is 0 Å². The van der Waals surface area contributed by atoms with Crippen molar-refractivity contribution in [2.45, 2.75) is 0 Å². The van der Waals surface area contributed by atoms with Gasteiger partial charge < -0.3 is 19.4 Å². The number of anilines is 2. The van der Waals surface area contributed by atoms with Gasteiger partial charge in [0.25, 0.3) is 11.6 Å². The smallest absolute Gasteiger partial charge is 0.270 e. The number of carbonyl (C=O) groups is 1. The van der Waals surface area contributed by atoms with Gasteiger partial charge in [0, 0.05) is 48.2 Å². The predicted octanol–water partition coefficient (Wildman–Crippen LogP) is 4.24. The van der Waals surface area contributed by atoms with Crippen molar-refractivity contribution in [2.75, 3.05) is 36.5 Å². The number of ether oxygens (including phenoxy) is 1. The molecular weight excluding hydrogens is 424 g/mol. The molecule has 0 radical (unpaired) electrons. The summed E-state index contributed by atoms with van der Waals surface area (Å²) in [6, 6.07) is 18.5. The summed E-state index contributed by atoms with van der Waals surface area (Å²) in [6.45, 7) is 3.00. The number of benzene rings is 2. The summed E-state index contributed by atoms with van der Waals surface area (Å²) in [5.41, 5.74) is 1.93. The van der Waals surface area contributed by atoms with E-state index in [2.05, 4.69) is 10.2 Å². The minimum absolute atomic E-state index is 0.0577. The van der Waals surface area contributed by atoms with Crippen molar-refractivity contribution in [1.82, 2.24) is 0 Å². The van der Waals surface area contributed by atoms with Gasteiger partial charge in [0.1, 0.15) is 23.2 Å². The zero-order valence-corrected chi connectivity index (χ0v) is 17.6. The van der Waals surface area contributed by atoms with Crippen LogP contribution < -0.4 is 10.2 Å². The van der Waals surface area contributed by atoms with Gasteiger partial charge in [0.05, 0.1) is 18.1 Å². The molecule has 33 heavy (non-hydrogen) atoms. The maximum absolute atomic E-state index is 12.6. The van der Waals surface area contributed by atoms with Crippen molar-refractivity contribution in [3.8, 4) is 17.4 Å². The maximum atomic E-state index is 12.6. The van der Waals surface area contributed by atoms with Gasteiger partial charge in [-0.3, -0.25) is 14.9 Å². The number of nitrogens with one attached hydrogen (secondary N) is 1. The quantitative estimate of drug-likeness (QED) is 0.261. The van der Waals surface area contributed by atoms with E-state index in [-0.39, 0.29) is 17.0 Å². The first-order chi connectivity index (χ1) is 16.0. The molecule has 1 fully saturated rings. The van der Waals surface area contributed by atoms with Gasteiger partial charge in [-0.1, -0.05) is 12.1 Å². The summed E-state index contributed by atoms with van der Waals surface area (Å²) in [6.07, 6.45) is 1.33. The van der Waals surface area contributed by atoms with Crippen LogP contribution in [0.3, 0.4) is 0 Å². The van der Waals surface area contributed by atoms with E-state index in [1.807, 2.05) is 18.2 Å². The highest BCUT2D eigenvalue weighted by Crippen LogP contribution is 2.27. The van der Waals surface area contributed by atoms with Crippen LogP contribution in [-0.2, 0) is 9.53 Å². The van der Waals surface area contributed by atoms with Gasteiger partial charge in [0.15, 0.2) is 0 Å². The van der Waals surface area contributed by atoms with Gasteiger partial charge in [-0.25, -0.2) is 0 Å². The number of nitro benzene ring substituents is 1. The van der Waals surface area contributed by atoms with Crippen molar-refractivity contribution in [3.05, 3.63) is 82.1 Å². The SMILES string of the molecule is N#C/C(=C\c1ccc(-c2cccc([N+](=O)[O-])c2)o1)C(=O)Nc1ccc(N2CCOCC2)cc1. The van der Waals surface area contributed by atoms with Crippen molar-refractivity contribution >= 4 is 29.0 Å². The molecule has 4 rings (SSSR count). The molecule has 166 valence electrons. The zero-order valence-electron chi connectivity index (χ0n) is 17.6. The molecule has 0 saturated carbocycles. The summed E-state index contributed by atoms with van der Waals surface area (Å²) in [5.74, 6) is 0.108. The van der Waals surface area contributed by atoms with Crippen molar-refractivity contribution in [1.29, 1.82) is 5.26 Å². The van der Waals surface area contributed by atoms with Crippen LogP contribution in [0, 0.1) is 21.4 Å². The molecule has 0 unspecified atom stereocenters. The van der Waals surface area contributed by atoms with Gasteiger partial charge in [-0.05, 0) is 36.4 Å². The van der Waals surface area contributed by atoms with E-state index in [4.69, 9.17) is 9.15 Å². The highest BCUT2D eigenvalue weighted by Gasteiger charge is 2.14. The fourth-order valence-electron chi connectivity index (χ4n) is 3.42. The molecule has 3 aromatic rings. The monoisotopic (exact) mass is 444 g/mol. The first-order valence-electron chi connectivity index (χ1n) is 10.2.